The summed E-state index contributed by atoms with van der Waals surface area (Å²) in [6.45, 7) is 4.55. The first-order valence-electron chi connectivity index (χ1n) is 6.05. The lowest BCUT2D eigenvalue weighted by Crippen LogP contribution is -2.28. The summed E-state index contributed by atoms with van der Waals surface area (Å²) >= 11 is 11.8. The summed E-state index contributed by atoms with van der Waals surface area (Å²) in [4.78, 5) is 0. The molecule has 0 saturated heterocycles. The van der Waals surface area contributed by atoms with E-state index in [1.165, 1.54) is 6.26 Å². The molecule has 0 spiro atoms. The van der Waals surface area contributed by atoms with Crippen LogP contribution < -0.4 is 5.32 Å². The molecule has 1 rings (SSSR count). The quantitative estimate of drug-likeness (QED) is 0.873. The summed E-state index contributed by atoms with van der Waals surface area (Å²) in [5, 5.41) is 4.36. The monoisotopic (exact) mass is 323 g/mol. The van der Waals surface area contributed by atoms with E-state index in [2.05, 4.69) is 5.32 Å². The molecule has 6 heteroatoms. The molecule has 1 aromatic rings. The van der Waals surface area contributed by atoms with Crippen LogP contribution in [0.5, 0.6) is 0 Å². The van der Waals surface area contributed by atoms with Crippen molar-refractivity contribution in [2.45, 2.75) is 19.9 Å². The number of sulfone groups is 1. The second-order valence-corrected chi connectivity index (χ2v) is 8.00. The average Bonchev–Trinajstić information content (AvgIpc) is 2.27. The van der Waals surface area contributed by atoms with E-state index in [-0.39, 0.29) is 17.7 Å². The molecular weight excluding hydrogens is 305 g/mol. The Bertz CT molecular complexity index is 531. The molecule has 0 aliphatic rings. The first-order valence-corrected chi connectivity index (χ1v) is 8.86. The standard InChI is InChI=1S/C13H19Cl2NO2S/c1-9(8-19(3,17)18)7-16-10(2)11-4-5-12(14)13(15)6-11/h4-6,9-10,16H,7-8H2,1-3H3/t9-,10-/m0/s1. The number of benzene rings is 1. The minimum Gasteiger partial charge on any atom is -0.310 e. The van der Waals surface area contributed by atoms with Gasteiger partial charge in [0.25, 0.3) is 0 Å². The lowest BCUT2D eigenvalue weighted by molar-refractivity contribution is 0.492. The van der Waals surface area contributed by atoms with E-state index >= 15 is 0 Å². The van der Waals surface area contributed by atoms with Crippen molar-refractivity contribution < 1.29 is 8.42 Å². The van der Waals surface area contributed by atoms with Gasteiger partial charge in [0.05, 0.1) is 15.8 Å². The third-order valence-electron chi connectivity index (χ3n) is 2.80. The summed E-state index contributed by atoms with van der Waals surface area (Å²) in [5.74, 6) is 0.258. The van der Waals surface area contributed by atoms with Crippen LogP contribution in [-0.2, 0) is 9.84 Å². The van der Waals surface area contributed by atoms with Crippen LogP contribution in [0, 0.1) is 5.92 Å². The van der Waals surface area contributed by atoms with Crippen LogP contribution in [0.1, 0.15) is 25.5 Å². The van der Waals surface area contributed by atoms with Crippen LogP contribution in [0.3, 0.4) is 0 Å². The molecule has 2 atom stereocenters. The molecule has 0 bridgehead atoms. The lowest BCUT2D eigenvalue weighted by atomic mass is 10.1. The van der Waals surface area contributed by atoms with Gasteiger partial charge in [0.2, 0.25) is 0 Å². The van der Waals surface area contributed by atoms with Crippen LogP contribution in [0.4, 0.5) is 0 Å². The van der Waals surface area contributed by atoms with Gasteiger partial charge in [0.1, 0.15) is 9.84 Å². The molecule has 0 aromatic heterocycles. The van der Waals surface area contributed by atoms with Gasteiger partial charge in [-0.05, 0) is 37.1 Å². The number of nitrogens with one attached hydrogen (secondary N) is 1. The van der Waals surface area contributed by atoms with Crippen molar-refractivity contribution in [3.8, 4) is 0 Å². The maximum absolute atomic E-state index is 11.2. The second-order valence-electron chi connectivity index (χ2n) is 5.00. The van der Waals surface area contributed by atoms with E-state index in [0.717, 1.165) is 5.56 Å². The molecule has 108 valence electrons. The highest BCUT2D eigenvalue weighted by molar-refractivity contribution is 7.90. The van der Waals surface area contributed by atoms with Crippen molar-refractivity contribution in [2.75, 3.05) is 18.6 Å². The number of hydrogen-bond donors (Lipinski definition) is 1. The second kappa shape index (κ2) is 6.93. The zero-order valence-electron chi connectivity index (χ0n) is 11.3. The normalized spacial score (nSPS) is 15.2. The molecule has 0 aliphatic carbocycles. The Morgan fingerprint density at radius 1 is 1.21 bits per heavy atom. The van der Waals surface area contributed by atoms with Gasteiger partial charge in [-0.25, -0.2) is 8.42 Å². The van der Waals surface area contributed by atoms with Gasteiger partial charge < -0.3 is 5.32 Å². The topological polar surface area (TPSA) is 46.2 Å². The molecule has 0 aliphatic heterocycles. The smallest absolute Gasteiger partial charge is 0.147 e. The van der Waals surface area contributed by atoms with Crippen molar-refractivity contribution in [1.29, 1.82) is 0 Å². The Kier molecular flexibility index (Phi) is 6.12. The first-order chi connectivity index (χ1) is 8.69. The maximum atomic E-state index is 11.2. The molecule has 0 fully saturated rings. The maximum Gasteiger partial charge on any atom is 0.147 e. The molecular formula is C13H19Cl2NO2S. The van der Waals surface area contributed by atoms with Crippen LogP contribution in [0.15, 0.2) is 18.2 Å². The summed E-state index contributed by atoms with van der Waals surface area (Å²) in [7, 11) is -2.93. The van der Waals surface area contributed by atoms with E-state index in [1.54, 1.807) is 6.07 Å². The van der Waals surface area contributed by atoms with Crippen molar-refractivity contribution >= 4 is 33.0 Å². The zero-order valence-corrected chi connectivity index (χ0v) is 13.6. The number of hydrogen-bond acceptors (Lipinski definition) is 3. The van der Waals surface area contributed by atoms with Crippen molar-refractivity contribution in [2.24, 2.45) is 5.92 Å². The van der Waals surface area contributed by atoms with Crippen LogP contribution in [-0.4, -0.2) is 27.0 Å². The largest absolute Gasteiger partial charge is 0.310 e. The average molecular weight is 324 g/mol. The lowest BCUT2D eigenvalue weighted by Gasteiger charge is -2.18. The fourth-order valence-electron chi connectivity index (χ4n) is 1.85. The van der Waals surface area contributed by atoms with Crippen LogP contribution in [0.2, 0.25) is 10.0 Å². The molecule has 0 amide bonds. The Morgan fingerprint density at radius 3 is 2.37 bits per heavy atom. The van der Waals surface area contributed by atoms with Crippen molar-refractivity contribution in [1.82, 2.24) is 5.32 Å². The van der Waals surface area contributed by atoms with Gasteiger partial charge in [0, 0.05) is 12.3 Å². The van der Waals surface area contributed by atoms with E-state index in [9.17, 15) is 8.42 Å². The fraction of sp³-hybridized carbons (Fsp3) is 0.538. The van der Waals surface area contributed by atoms with Crippen LogP contribution >= 0.6 is 23.2 Å². The predicted molar refractivity (Wildman–Crippen MR) is 81.8 cm³/mol. The summed E-state index contributed by atoms with van der Waals surface area (Å²) in [6.07, 6.45) is 1.26. The van der Waals surface area contributed by atoms with E-state index in [0.29, 0.717) is 16.6 Å². The molecule has 0 saturated carbocycles. The predicted octanol–water partition coefficient (Wildman–Crippen LogP) is 3.32. The van der Waals surface area contributed by atoms with Crippen LogP contribution in [0.25, 0.3) is 0 Å². The summed E-state index contributed by atoms with van der Waals surface area (Å²) in [6, 6.07) is 5.59. The van der Waals surface area contributed by atoms with Gasteiger partial charge in [-0.2, -0.15) is 0 Å². The number of rotatable bonds is 6. The number of halogens is 2. The molecule has 3 nitrogen and oxygen atoms in total. The van der Waals surface area contributed by atoms with Gasteiger partial charge in [-0.1, -0.05) is 36.2 Å². The molecule has 0 unspecified atom stereocenters. The van der Waals surface area contributed by atoms with E-state index < -0.39 is 9.84 Å². The molecule has 0 heterocycles. The molecule has 0 radical (unpaired) electrons. The van der Waals surface area contributed by atoms with Gasteiger partial charge in [-0.15, -0.1) is 0 Å². The van der Waals surface area contributed by atoms with Crippen molar-refractivity contribution in [3.63, 3.8) is 0 Å². The SMILES string of the molecule is C[C@@H](CN[C@@H](C)c1ccc(Cl)c(Cl)c1)CS(C)(=O)=O. The van der Waals surface area contributed by atoms with Crippen molar-refractivity contribution in [3.05, 3.63) is 33.8 Å². The molecule has 19 heavy (non-hydrogen) atoms. The molecule has 1 N–H and O–H groups in total. The summed E-state index contributed by atoms with van der Waals surface area (Å²) < 4.78 is 22.4. The zero-order chi connectivity index (χ0) is 14.6. The third kappa shape index (κ3) is 6.13. The summed E-state index contributed by atoms with van der Waals surface area (Å²) in [5.41, 5.74) is 1.03. The highest BCUT2D eigenvalue weighted by atomic mass is 35.5. The highest BCUT2D eigenvalue weighted by Gasteiger charge is 2.13. The minimum absolute atomic E-state index is 0.0697. The van der Waals surface area contributed by atoms with Gasteiger partial charge in [0.15, 0.2) is 0 Å². The fourth-order valence-corrected chi connectivity index (χ4v) is 3.31. The Hall–Kier alpha value is -0.290. The van der Waals surface area contributed by atoms with E-state index in [1.807, 2.05) is 26.0 Å². The Labute approximate surface area is 125 Å². The first kappa shape index (κ1) is 16.8. The van der Waals surface area contributed by atoms with Gasteiger partial charge in [-0.3, -0.25) is 0 Å². The third-order valence-corrected chi connectivity index (χ3v) is 4.72. The highest BCUT2D eigenvalue weighted by Crippen LogP contribution is 2.25. The Morgan fingerprint density at radius 2 is 1.84 bits per heavy atom. The van der Waals surface area contributed by atoms with E-state index in [4.69, 9.17) is 23.2 Å². The van der Waals surface area contributed by atoms with Gasteiger partial charge >= 0.3 is 0 Å². The minimum atomic E-state index is -2.93. The molecule has 1 aromatic carbocycles. The Balaban J connectivity index is 2.55.